The summed E-state index contributed by atoms with van der Waals surface area (Å²) in [4.78, 5) is 10.7. The van der Waals surface area contributed by atoms with Crippen molar-refractivity contribution in [2.45, 2.75) is 32.9 Å². The van der Waals surface area contributed by atoms with Crippen molar-refractivity contribution in [3.05, 3.63) is 17.3 Å². The third-order valence-electron chi connectivity index (χ3n) is 4.06. The van der Waals surface area contributed by atoms with E-state index >= 15 is 0 Å². The number of imidazole rings is 1. The number of fused-ring (bicyclic) bond motifs is 1. The molecule has 1 fully saturated rings. The topological polar surface area (TPSA) is 49.8 Å². The summed E-state index contributed by atoms with van der Waals surface area (Å²) in [6.45, 7) is 11.6. The van der Waals surface area contributed by atoms with Crippen molar-refractivity contribution in [3.63, 3.8) is 0 Å². The highest BCUT2D eigenvalue weighted by Gasteiger charge is 2.28. The number of piperazine rings is 1. The molecule has 1 aliphatic rings. The number of hydrogen-bond acceptors (Lipinski definition) is 5. The van der Waals surface area contributed by atoms with E-state index in [0.29, 0.717) is 6.54 Å². The van der Waals surface area contributed by atoms with Gasteiger partial charge in [0.25, 0.3) is 0 Å². The Morgan fingerprint density at radius 3 is 2.55 bits per heavy atom. The number of nitrogens with zero attached hydrogens (tertiary/aromatic N) is 4. The Morgan fingerprint density at radius 2 is 1.95 bits per heavy atom. The van der Waals surface area contributed by atoms with Crippen LogP contribution >= 0.6 is 11.3 Å². The fraction of sp³-hybridized carbons (Fsp3) is 0.643. The first-order chi connectivity index (χ1) is 9.50. The maximum atomic E-state index is 5.93. The molecule has 2 N–H and O–H groups in total. The average molecular weight is 293 g/mol. The summed E-state index contributed by atoms with van der Waals surface area (Å²) < 4.78 is 2.12. The van der Waals surface area contributed by atoms with E-state index < -0.39 is 0 Å². The minimum absolute atomic E-state index is 0.247. The lowest BCUT2D eigenvalue weighted by Gasteiger charge is -2.42. The summed E-state index contributed by atoms with van der Waals surface area (Å²) in [7, 11) is 0. The van der Waals surface area contributed by atoms with Crippen LogP contribution < -0.4 is 10.6 Å². The van der Waals surface area contributed by atoms with Crippen LogP contribution in [0.4, 0.5) is 5.82 Å². The third-order valence-corrected chi connectivity index (χ3v) is 4.82. The summed E-state index contributed by atoms with van der Waals surface area (Å²) in [6, 6.07) is 0. The van der Waals surface area contributed by atoms with Crippen LogP contribution in [0, 0.1) is 0 Å². The maximum Gasteiger partial charge on any atom is 0.195 e. The molecule has 0 amide bonds. The molecule has 0 radical (unpaired) electrons. The SMILES string of the molecule is CC(C)(C)N1CCN(c2nc3sccn3c2CN)CC1. The van der Waals surface area contributed by atoms with Gasteiger partial charge < -0.3 is 10.6 Å². The summed E-state index contributed by atoms with van der Waals surface area (Å²) in [5.41, 5.74) is 7.31. The molecule has 2 aromatic heterocycles. The van der Waals surface area contributed by atoms with Gasteiger partial charge in [-0.3, -0.25) is 9.30 Å². The number of nitrogens with two attached hydrogens (primary N) is 1. The molecule has 0 aliphatic carbocycles. The molecule has 0 saturated carbocycles. The number of aromatic nitrogens is 2. The number of rotatable bonds is 2. The van der Waals surface area contributed by atoms with Gasteiger partial charge in [-0.1, -0.05) is 0 Å². The zero-order chi connectivity index (χ0) is 14.3. The van der Waals surface area contributed by atoms with Gasteiger partial charge in [0.2, 0.25) is 0 Å². The Labute approximate surface area is 124 Å². The van der Waals surface area contributed by atoms with Crippen LogP contribution in [0.25, 0.3) is 4.96 Å². The first-order valence-electron chi connectivity index (χ1n) is 7.15. The summed E-state index contributed by atoms with van der Waals surface area (Å²) in [5.74, 6) is 1.08. The largest absolute Gasteiger partial charge is 0.352 e. The highest BCUT2D eigenvalue weighted by molar-refractivity contribution is 7.15. The Bertz CT molecular complexity index is 586. The van der Waals surface area contributed by atoms with Gasteiger partial charge >= 0.3 is 0 Å². The molecule has 2 aromatic rings. The predicted molar refractivity (Wildman–Crippen MR) is 84.5 cm³/mol. The molecule has 0 unspecified atom stereocenters. The maximum absolute atomic E-state index is 5.93. The van der Waals surface area contributed by atoms with Gasteiger partial charge in [-0.25, -0.2) is 4.98 Å². The van der Waals surface area contributed by atoms with Crippen LogP contribution in [0.15, 0.2) is 11.6 Å². The average Bonchev–Trinajstić information content (AvgIpc) is 2.97. The zero-order valence-corrected chi connectivity index (χ0v) is 13.3. The van der Waals surface area contributed by atoms with E-state index in [1.807, 2.05) is 0 Å². The van der Waals surface area contributed by atoms with Crippen LogP contribution in [0.1, 0.15) is 26.5 Å². The van der Waals surface area contributed by atoms with Crippen molar-refractivity contribution in [2.24, 2.45) is 5.73 Å². The van der Waals surface area contributed by atoms with Crippen molar-refractivity contribution in [3.8, 4) is 0 Å². The van der Waals surface area contributed by atoms with Crippen LogP contribution in [0.5, 0.6) is 0 Å². The third kappa shape index (κ3) is 2.32. The fourth-order valence-corrected chi connectivity index (χ4v) is 3.58. The molecule has 1 aliphatic heterocycles. The molecule has 0 atom stereocenters. The Morgan fingerprint density at radius 1 is 1.25 bits per heavy atom. The lowest BCUT2D eigenvalue weighted by atomic mass is 10.0. The van der Waals surface area contributed by atoms with Crippen LogP contribution in [-0.4, -0.2) is 46.0 Å². The molecular formula is C14H23N5S. The van der Waals surface area contributed by atoms with E-state index in [1.165, 1.54) is 0 Å². The quantitative estimate of drug-likeness (QED) is 0.917. The van der Waals surface area contributed by atoms with Crippen LogP contribution in [-0.2, 0) is 6.54 Å². The van der Waals surface area contributed by atoms with Crippen LogP contribution in [0.3, 0.4) is 0 Å². The van der Waals surface area contributed by atoms with Crippen molar-refractivity contribution < 1.29 is 0 Å². The van der Waals surface area contributed by atoms with Gasteiger partial charge in [0.1, 0.15) is 0 Å². The Kier molecular flexibility index (Phi) is 3.48. The fourth-order valence-electron chi connectivity index (χ4n) is 2.85. The normalized spacial score (nSPS) is 18.1. The Balaban J connectivity index is 1.81. The first kappa shape index (κ1) is 13.9. The number of hydrogen-bond donors (Lipinski definition) is 1. The Hall–Kier alpha value is -1.11. The molecule has 20 heavy (non-hydrogen) atoms. The lowest BCUT2D eigenvalue weighted by Crippen LogP contribution is -2.53. The van der Waals surface area contributed by atoms with Crippen molar-refractivity contribution in [1.29, 1.82) is 0 Å². The molecule has 0 spiro atoms. The molecule has 6 heteroatoms. The molecule has 1 saturated heterocycles. The monoisotopic (exact) mass is 293 g/mol. The second-order valence-electron chi connectivity index (χ2n) is 6.29. The molecule has 110 valence electrons. The first-order valence-corrected chi connectivity index (χ1v) is 8.03. The molecular weight excluding hydrogens is 270 g/mol. The summed E-state index contributed by atoms with van der Waals surface area (Å²) in [6.07, 6.45) is 2.06. The highest BCUT2D eigenvalue weighted by atomic mass is 32.1. The van der Waals surface area contributed by atoms with Crippen LogP contribution in [0.2, 0.25) is 0 Å². The molecule has 0 bridgehead atoms. The van der Waals surface area contributed by atoms with Crippen molar-refractivity contribution in [1.82, 2.24) is 14.3 Å². The van der Waals surface area contributed by atoms with Crippen molar-refractivity contribution >= 4 is 22.1 Å². The van der Waals surface area contributed by atoms with E-state index in [0.717, 1.165) is 42.7 Å². The smallest absolute Gasteiger partial charge is 0.195 e. The highest BCUT2D eigenvalue weighted by Crippen LogP contribution is 2.26. The van der Waals surface area contributed by atoms with Gasteiger partial charge in [0.15, 0.2) is 10.8 Å². The van der Waals surface area contributed by atoms with E-state index in [2.05, 4.69) is 46.5 Å². The minimum Gasteiger partial charge on any atom is -0.352 e. The number of thiazole rings is 1. The van der Waals surface area contributed by atoms with Gasteiger partial charge in [-0.2, -0.15) is 0 Å². The molecule has 5 nitrogen and oxygen atoms in total. The molecule has 3 rings (SSSR count). The van der Waals surface area contributed by atoms with E-state index in [4.69, 9.17) is 10.7 Å². The number of anilines is 1. The van der Waals surface area contributed by atoms with E-state index in [-0.39, 0.29) is 5.54 Å². The minimum atomic E-state index is 0.247. The zero-order valence-electron chi connectivity index (χ0n) is 12.5. The lowest BCUT2D eigenvalue weighted by molar-refractivity contribution is 0.128. The van der Waals surface area contributed by atoms with Crippen molar-refractivity contribution in [2.75, 3.05) is 31.1 Å². The predicted octanol–water partition coefficient (Wildman–Crippen LogP) is 1.77. The summed E-state index contributed by atoms with van der Waals surface area (Å²) in [5, 5.41) is 2.06. The second kappa shape index (κ2) is 5.02. The standard InChI is InChI=1S/C14H23N5S/c1-14(2,3)18-6-4-17(5-7-18)12-11(10-15)19-8-9-20-13(19)16-12/h8-9H,4-7,10,15H2,1-3H3. The van der Waals surface area contributed by atoms with Gasteiger partial charge in [-0.05, 0) is 20.8 Å². The molecule has 3 heterocycles. The van der Waals surface area contributed by atoms with Gasteiger partial charge in [-0.15, -0.1) is 11.3 Å². The van der Waals surface area contributed by atoms with E-state index in [9.17, 15) is 0 Å². The second-order valence-corrected chi connectivity index (χ2v) is 7.16. The summed E-state index contributed by atoms with van der Waals surface area (Å²) >= 11 is 1.67. The van der Waals surface area contributed by atoms with Gasteiger partial charge in [0, 0.05) is 49.8 Å². The van der Waals surface area contributed by atoms with E-state index in [1.54, 1.807) is 11.3 Å². The molecule has 0 aromatic carbocycles. The van der Waals surface area contributed by atoms with Gasteiger partial charge in [0.05, 0.1) is 5.69 Å².